The van der Waals surface area contributed by atoms with E-state index < -0.39 is 5.54 Å². The van der Waals surface area contributed by atoms with Crippen molar-refractivity contribution in [3.8, 4) is 0 Å². The molecule has 2 unspecified atom stereocenters. The van der Waals surface area contributed by atoms with Crippen LogP contribution in [0.25, 0.3) is 0 Å². The molecule has 0 spiro atoms. The first-order valence-corrected chi connectivity index (χ1v) is 10.9. The summed E-state index contributed by atoms with van der Waals surface area (Å²) in [6, 6.07) is 12.3. The van der Waals surface area contributed by atoms with Crippen LogP contribution in [-0.4, -0.2) is 66.0 Å². The summed E-state index contributed by atoms with van der Waals surface area (Å²) in [6.07, 6.45) is 4.92. The van der Waals surface area contributed by atoms with Crippen LogP contribution in [0.2, 0.25) is 0 Å². The Morgan fingerprint density at radius 3 is 2.74 bits per heavy atom. The molecule has 3 N–H and O–H groups in total. The summed E-state index contributed by atoms with van der Waals surface area (Å²) in [5, 5.41) is 0. The fourth-order valence-electron chi connectivity index (χ4n) is 4.39. The second-order valence-electron chi connectivity index (χ2n) is 8.19. The van der Waals surface area contributed by atoms with E-state index in [1.54, 1.807) is 7.05 Å². The van der Waals surface area contributed by atoms with E-state index in [4.69, 9.17) is 5.73 Å². The minimum atomic E-state index is -0.915. The molecule has 2 heterocycles. The lowest BCUT2D eigenvalue weighted by atomic mass is 9.90. The number of carbonyl (C=O) groups excluding carboxylic acids is 1. The molecule has 0 aliphatic carbocycles. The van der Waals surface area contributed by atoms with Crippen LogP contribution < -0.4 is 5.73 Å². The highest BCUT2D eigenvalue weighted by Gasteiger charge is 2.40. The predicted molar refractivity (Wildman–Crippen MR) is 127 cm³/mol. The van der Waals surface area contributed by atoms with Gasteiger partial charge in [0.15, 0.2) is 0 Å². The summed E-state index contributed by atoms with van der Waals surface area (Å²) in [5.74, 6) is 1.51. The van der Waals surface area contributed by atoms with E-state index in [9.17, 15) is 4.79 Å². The van der Waals surface area contributed by atoms with Crippen LogP contribution in [0, 0.1) is 0 Å². The van der Waals surface area contributed by atoms with E-state index in [2.05, 4.69) is 33.8 Å². The van der Waals surface area contributed by atoms with Gasteiger partial charge in [0, 0.05) is 33.4 Å². The van der Waals surface area contributed by atoms with Crippen molar-refractivity contribution in [2.45, 2.75) is 44.2 Å². The molecule has 1 aliphatic rings. The Kier molecular flexibility index (Phi) is 7.28. The van der Waals surface area contributed by atoms with Gasteiger partial charge in [0.1, 0.15) is 11.7 Å². The van der Waals surface area contributed by atoms with Crippen molar-refractivity contribution in [3.05, 3.63) is 53.7 Å². The summed E-state index contributed by atoms with van der Waals surface area (Å²) in [5.41, 5.74) is 7.88. The summed E-state index contributed by atoms with van der Waals surface area (Å²) in [7, 11) is 3.71. The third-order valence-electron chi connectivity index (χ3n) is 6.35. The molecule has 166 valence electrons. The molecule has 1 fully saturated rings. The average molecular weight is 423 g/mol. The van der Waals surface area contributed by atoms with Gasteiger partial charge in [0.05, 0.1) is 17.1 Å². The zero-order chi connectivity index (χ0) is 22.4. The normalized spacial score (nSPS) is 18.6. The Balaban J connectivity index is 1.72. The molecule has 7 nitrogen and oxygen atoms in total. The van der Waals surface area contributed by atoms with Gasteiger partial charge < -0.3 is 20.5 Å². The highest BCUT2D eigenvalue weighted by atomic mass is 16.2. The molecule has 2 atom stereocenters. The molecule has 7 heteroatoms. The molecule has 1 amide bonds. The van der Waals surface area contributed by atoms with Crippen LogP contribution >= 0.6 is 0 Å². The fourth-order valence-corrected chi connectivity index (χ4v) is 4.39. The van der Waals surface area contributed by atoms with Gasteiger partial charge in [-0.05, 0) is 44.0 Å². The summed E-state index contributed by atoms with van der Waals surface area (Å²) < 4.78 is 0. The van der Waals surface area contributed by atoms with Crippen molar-refractivity contribution in [1.29, 1.82) is 0 Å². The first kappa shape index (κ1) is 22.7. The number of likely N-dealkylation sites (tertiary alicyclic amines) is 1. The largest absolute Gasteiger partial charge is 0.359 e. The van der Waals surface area contributed by atoms with Gasteiger partial charge in [-0.25, -0.2) is 4.99 Å². The van der Waals surface area contributed by atoms with Gasteiger partial charge in [-0.1, -0.05) is 37.3 Å². The van der Waals surface area contributed by atoms with Crippen molar-refractivity contribution in [3.63, 3.8) is 0 Å². The van der Waals surface area contributed by atoms with Crippen molar-refractivity contribution in [2.75, 3.05) is 27.2 Å². The number of benzene rings is 1. The van der Waals surface area contributed by atoms with Gasteiger partial charge >= 0.3 is 0 Å². The number of amides is 1. The van der Waals surface area contributed by atoms with E-state index in [1.807, 2.05) is 54.2 Å². The van der Waals surface area contributed by atoms with Crippen LogP contribution in [0.3, 0.4) is 0 Å². The number of aromatic nitrogens is 1. The lowest BCUT2D eigenvalue weighted by Gasteiger charge is -2.36. The Morgan fingerprint density at radius 2 is 2.10 bits per heavy atom. The number of H-pyrrole nitrogens is 1. The van der Waals surface area contributed by atoms with Gasteiger partial charge in [-0.15, -0.1) is 0 Å². The van der Waals surface area contributed by atoms with E-state index in [1.165, 1.54) is 5.56 Å². The number of nitrogens with one attached hydrogen (secondary N) is 1. The zero-order valence-corrected chi connectivity index (χ0v) is 18.8. The van der Waals surface area contributed by atoms with Gasteiger partial charge in [0.25, 0.3) is 0 Å². The maximum atomic E-state index is 13.6. The van der Waals surface area contributed by atoms with Crippen LogP contribution in [0.1, 0.15) is 49.8 Å². The van der Waals surface area contributed by atoms with Crippen molar-refractivity contribution in [2.24, 2.45) is 15.7 Å². The van der Waals surface area contributed by atoms with Crippen molar-refractivity contribution in [1.82, 2.24) is 14.8 Å². The Morgan fingerprint density at radius 1 is 1.35 bits per heavy atom. The van der Waals surface area contributed by atoms with Crippen LogP contribution in [-0.2, 0) is 4.79 Å². The molecule has 1 aromatic carbocycles. The number of hydrogen-bond donors (Lipinski definition) is 2. The number of aromatic amines is 1. The summed E-state index contributed by atoms with van der Waals surface area (Å²) >= 11 is 0. The summed E-state index contributed by atoms with van der Waals surface area (Å²) in [4.78, 5) is 29.1. The SMILES string of the molecule is C=Nc1[nH]ccc1C(=NC)N(C)CCC(N)(CC)C(=O)N1CCCC1c1ccccc1. The molecule has 0 saturated carbocycles. The standard InChI is InChI=1S/C24H34N6O/c1-5-24(25,14-17-29(4)22(27-3)19-13-15-28-21(19)26-2)23(31)30-16-9-12-20(30)18-10-7-6-8-11-18/h6-8,10-11,13,15,20,28H,2,5,9,12,14,16-17,25H2,1,3-4H3. The van der Waals surface area contributed by atoms with Crippen LogP contribution in [0.5, 0.6) is 0 Å². The first-order chi connectivity index (χ1) is 14.9. The van der Waals surface area contributed by atoms with E-state index in [0.717, 1.165) is 30.8 Å². The molecule has 3 rings (SSSR count). The minimum absolute atomic E-state index is 0.0415. The number of nitrogens with two attached hydrogens (primary N) is 1. The van der Waals surface area contributed by atoms with E-state index in [0.29, 0.717) is 25.2 Å². The Bertz CT molecular complexity index is 921. The topological polar surface area (TPSA) is 90.1 Å². The Labute approximate surface area is 185 Å². The third-order valence-corrected chi connectivity index (χ3v) is 6.35. The number of amidine groups is 1. The van der Waals surface area contributed by atoms with Crippen LogP contribution in [0.15, 0.2) is 52.6 Å². The van der Waals surface area contributed by atoms with Gasteiger partial charge in [-0.3, -0.25) is 9.79 Å². The fraction of sp³-hybridized carbons (Fsp3) is 0.458. The minimum Gasteiger partial charge on any atom is -0.359 e. The number of aliphatic imine (C=N–C) groups is 2. The molecule has 1 saturated heterocycles. The highest BCUT2D eigenvalue weighted by molar-refractivity contribution is 6.02. The van der Waals surface area contributed by atoms with Crippen molar-refractivity contribution < 1.29 is 4.79 Å². The lowest BCUT2D eigenvalue weighted by molar-refractivity contribution is -0.138. The number of nitrogens with zero attached hydrogens (tertiary/aromatic N) is 4. The number of carbonyl (C=O) groups is 1. The maximum Gasteiger partial charge on any atom is 0.243 e. The van der Waals surface area contributed by atoms with E-state index >= 15 is 0 Å². The van der Waals surface area contributed by atoms with Gasteiger partial charge in [0.2, 0.25) is 5.91 Å². The molecular weight excluding hydrogens is 388 g/mol. The van der Waals surface area contributed by atoms with Gasteiger partial charge in [-0.2, -0.15) is 0 Å². The third kappa shape index (κ3) is 4.71. The molecule has 1 aliphatic heterocycles. The number of hydrogen-bond acceptors (Lipinski definition) is 4. The number of rotatable bonds is 8. The van der Waals surface area contributed by atoms with E-state index in [-0.39, 0.29) is 11.9 Å². The quantitative estimate of drug-likeness (QED) is 0.504. The molecular formula is C24H34N6O. The predicted octanol–water partition coefficient (Wildman–Crippen LogP) is 3.52. The molecule has 0 radical (unpaired) electrons. The second-order valence-corrected chi connectivity index (χ2v) is 8.19. The lowest BCUT2D eigenvalue weighted by Crippen LogP contribution is -2.56. The summed E-state index contributed by atoms with van der Waals surface area (Å²) in [6.45, 7) is 6.97. The zero-order valence-electron chi connectivity index (χ0n) is 18.8. The molecule has 0 bridgehead atoms. The molecule has 31 heavy (non-hydrogen) atoms. The Hall–Kier alpha value is -2.93. The average Bonchev–Trinajstić information content (AvgIpc) is 3.48. The highest BCUT2D eigenvalue weighted by Crippen LogP contribution is 2.34. The first-order valence-electron chi connectivity index (χ1n) is 10.9. The molecule has 1 aromatic heterocycles. The van der Waals surface area contributed by atoms with Crippen molar-refractivity contribution >= 4 is 24.3 Å². The molecule has 2 aromatic rings. The van der Waals surface area contributed by atoms with Crippen LogP contribution in [0.4, 0.5) is 5.82 Å². The second kappa shape index (κ2) is 9.92. The smallest absolute Gasteiger partial charge is 0.243 e. The maximum absolute atomic E-state index is 13.6. The monoisotopic (exact) mass is 422 g/mol.